The molecule has 2 aliphatic rings. The SMILES string of the molecule is CC(C)c1cccc(-n2c3ccccc3c3c(N(c4cccc5c4CCCC5)c4cc(C(C)C)c5ccc6c(N(c7cccc8c7CCCC8)c7cccc8c7c7ccccc7n8-c7cccc(C(C)C)c7)cc(C(C)C)c7ccc4c5c76)cccc32)c1. The smallest absolute Gasteiger partial charge is 0.0562 e. The molecule has 2 aliphatic carbocycles. The summed E-state index contributed by atoms with van der Waals surface area (Å²) in [5.41, 5.74) is 26.1. The molecule has 16 rings (SSSR count). The first-order valence-corrected chi connectivity index (χ1v) is 32.9. The minimum Gasteiger partial charge on any atom is -0.309 e. The highest BCUT2D eigenvalue weighted by Crippen LogP contribution is 2.55. The van der Waals surface area contributed by atoms with Crippen LogP contribution in [0.2, 0.25) is 0 Å². The topological polar surface area (TPSA) is 16.3 Å². The molecular formula is C84H78N4. The zero-order valence-corrected chi connectivity index (χ0v) is 52.4. The Morgan fingerprint density at radius 1 is 0.284 bits per heavy atom. The van der Waals surface area contributed by atoms with Gasteiger partial charge in [-0.05, 0) is 226 Å². The molecule has 0 spiro atoms. The molecule has 2 heterocycles. The second-order valence-electron chi connectivity index (χ2n) is 26.8. The van der Waals surface area contributed by atoms with Crippen LogP contribution in [-0.4, -0.2) is 9.13 Å². The van der Waals surface area contributed by atoms with Crippen molar-refractivity contribution in [3.63, 3.8) is 0 Å². The molecule has 12 aromatic carbocycles. The Labute approximate surface area is 518 Å². The third-order valence-electron chi connectivity index (χ3n) is 20.3. The predicted octanol–water partition coefficient (Wildman–Crippen LogP) is 24.0. The van der Waals surface area contributed by atoms with Crippen LogP contribution < -0.4 is 9.80 Å². The molecule has 0 amide bonds. The van der Waals surface area contributed by atoms with Gasteiger partial charge >= 0.3 is 0 Å². The maximum Gasteiger partial charge on any atom is 0.0562 e. The Hall–Kier alpha value is -9.12. The van der Waals surface area contributed by atoms with Crippen molar-refractivity contribution in [3.8, 4) is 11.4 Å². The minimum atomic E-state index is 0.244. The number of rotatable bonds is 12. The van der Waals surface area contributed by atoms with Gasteiger partial charge in [-0.3, -0.25) is 0 Å². The van der Waals surface area contributed by atoms with E-state index in [9.17, 15) is 0 Å². The van der Waals surface area contributed by atoms with Crippen molar-refractivity contribution in [1.82, 2.24) is 9.13 Å². The summed E-state index contributed by atoms with van der Waals surface area (Å²) in [6.07, 6.45) is 9.12. The lowest BCUT2D eigenvalue weighted by atomic mass is 9.83. The number of anilines is 6. The van der Waals surface area contributed by atoms with Crippen LogP contribution in [0.1, 0.15) is 149 Å². The van der Waals surface area contributed by atoms with E-state index in [0.717, 1.165) is 25.7 Å². The van der Waals surface area contributed by atoms with Crippen molar-refractivity contribution in [2.75, 3.05) is 9.80 Å². The van der Waals surface area contributed by atoms with Gasteiger partial charge in [0.05, 0.1) is 44.8 Å². The highest BCUT2D eigenvalue weighted by Gasteiger charge is 2.32. The van der Waals surface area contributed by atoms with Gasteiger partial charge in [0.15, 0.2) is 0 Å². The fraction of sp³-hybridized carbons (Fsp3) is 0.238. The molecule has 14 aromatic rings. The number of aryl methyl sites for hydroxylation is 2. The summed E-state index contributed by atoms with van der Waals surface area (Å²) in [6.45, 7) is 18.8. The summed E-state index contributed by atoms with van der Waals surface area (Å²) in [4.78, 5) is 5.46. The van der Waals surface area contributed by atoms with E-state index in [1.807, 2.05) is 0 Å². The number of hydrogen-bond donors (Lipinski definition) is 0. The lowest BCUT2D eigenvalue weighted by Crippen LogP contribution is -2.17. The molecule has 0 N–H and O–H groups in total. The average molecular weight is 1140 g/mol. The van der Waals surface area contributed by atoms with Crippen LogP contribution in [0.15, 0.2) is 206 Å². The van der Waals surface area contributed by atoms with Gasteiger partial charge in [-0.25, -0.2) is 0 Å². The Bertz CT molecular complexity index is 4760. The lowest BCUT2D eigenvalue weighted by Gasteiger charge is -2.34. The number of hydrogen-bond acceptors (Lipinski definition) is 2. The Balaban J connectivity index is 1.02. The van der Waals surface area contributed by atoms with E-state index in [2.05, 4.69) is 281 Å². The molecule has 0 fully saturated rings. The van der Waals surface area contributed by atoms with Crippen molar-refractivity contribution in [2.45, 2.75) is 130 Å². The summed E-state index contributed by atoms with van der Waals surface area (Å²) < 4.78 is 5.05. The first-order chi connectivity index (χ1) is 43.0. The van der Waals surface area contributed by atoms with E-state index in [-0.39, 0.29) is 11.8 Å². The Morgan fingerprint density at radius 2 is 0.659 bits per heavy atom. The predicted molar refractivity (Wildman–Crippen MR) is 378 cm³/mol. The molecule has 0 bridgehead atoms. The molecule has 2 aromatic heterocycles. The minimum absolute atomic E-state index is 0.244. The molecule has 0 saturated carbocycles. The van der Waals surface area contributed by atoms with Crippen LogP contribution in [0, 0.1) is 0 Å². The fourth-order valence-electron chi connectivity index (χ4n) is 16.0. The van der Waals surface area contributed by atoms with E-state index in [1.165, 1.54) is 192 Å². The van der Waals surface area contributed by atoms with Crippen LogP contribution in [0.5, 0.6) is 0 Å². The molecule has 434 valence electrons. The van der Waals surface area contributed by atoms with Crippen molar-refractivity contribution < 1.29 is 0 Å². The maximum absolute atomic E-state index is 2.73. The zero-order chi connectivity index (χ0) is 59.6. The van der Waals surface area contributed by atoms with Gasteiger partial charge in [-0.2, -0.15) is 0 Å². The second-order valence-corrected chi connectivity index (χ2v) is 26.8. The standard InChI is InChI=1S/C84H78N4/c1-51(2)57-27-17-29-59(47-57)85-73-35-15-13-33-65(73)83-75(85)39-21-41-77(83)87(71-37-19-25-55-23-9-11-31-61(55)71)79-49-69(53(5)6)63-44-46-68-80(50-70(54(7)8)64-43-45-67(79)81(63)82(64)68)88(72-38-20-26-56-24-10-12-32-62(56)72)78-42-22-40-76-84(78)66-34-14-16-36-74(66)86(76)60-30-18-28-58(48-60)52(3)4/h13-22,25-30,33-54H,9-12,23-24,31-32H2,1-8H3. The van der Waals surface area contributed by atoms with Gasteiger partial charge < -0.3 is 18.9 Å². The van der Waals surface area contributed by atoms with E-state index in [4.69, 9.17) is 0 Å². The molecule has 4 heteroatoms. The summed E-state index contributed by atoms with van der Waals surface area (Å²) >= 11 is 0. The number of aromatic nitrogens is 2. The number of fused-ring (bicyclic) bond motifs is 8. The van der Waals surface area contributed by atoms with E-state index in [0.29, 0.717) is 11.8 Å². The molecule has 0 atom stereocenters. The molecule has 0 unspecified atom stereocenters. The molecular weight excluding hydrogens is 1060 g/mol. The van der Waals surface area contributed by atoms with Crippen molar-refractivity contribution in [1.29, 1.82) is 0 Å². The Kier molecular flexibility index (Phi) is 13.2. The number of nitrogens with zero attached hydrogens (tertiary/aromatic N) is 4. The van der Waals surface area contributed by atoms with Crippen molar-refractivity contribution >= 4 is 110 Å². The molecule has 4 nitrogen and oxygen atoms in total. The third-order valence-corrected chi connectivity index (χ3v) is 20.3. The summed E-state index contributed by atoms with van der Waals surface area (Å²) in [7, 11) is 0. The van der Waals surface area contributed by atoms with E-state index >= 15 is 0 Å². The van der Waals surface area contributed by atoms with Gasteiger partial charge in [-0.1, -0.05) is 177 Å². The van der Waals surface area contributed by atoms with Gasteiger partial charge in [0, 0.05) is 55.1 Å². The van der Waals surface area contributed by atoms with Gasteiger partial charge in [0.1, 0.15) is 0 Å². The van der Waals surface area contributed by atoms with Gasteiger partial charge in [-0.15, -0.1) is 0 Å². The second kappa shape index (κ2) is 21.3. The normalized spacial score (nSPS) is 13.7. The zero-order valence-electron chi connectivity index (χ0n) is 52.4. The third kappa shape index (κ3) is 8.45. The summed E-state index contributed by atoms with van der Waals surface area (Å²) in [6, 6.07) is 80.5. The van der Waals surface area contributed by atoms with Crippen LogP contribution in [0.3, 0.4) is 0 Å². The van der Waals surface area contributed by atoms with Gasteiger partial charge in [0.2, 0.25) is 0 Å². The average Bonchev–Trinajstić information content (AvgIpc) is 0.956. The van der Waals surface area contributed by atoms with Crippen molar-refractivity contribution in [3.05, 3.63) is 251 Å². The summed E-state index contributed by atoms with van der Waals surface area (Å²) in [5, 5.41) is 13.0. The number of para-hydroxylation sites is 2. The van der Waals surface area contributed by atoms with E-state index < -0.39 is 0 Å². The van der Waals surface area contributed by atoms with Gasteiger partial charge in [0.25, 0.3) is 0 Å². The lowest BCUT2D eigenvalue weighted by molar-refractivity contribution is 0.686. The van der Waals surface area contributed by atoms with Crippen molar-refractivity contribution in [2.24, 2.45) is 0 Å². The molecule has 0 radical (unpaired) electrons. The largest absolute Gasteiger partial charge is 0.309 e. The van der Waals surface area contributed by atoms with Crippen LogP contribution >= 0.6 is 0 Å². The quantitative estimate of drug-likeness (QED) is 0.113. The first kappa shape index (κ1) is 54.3. The molecule has 88 heavy (non-hydrogen) atoms. The molecule has 0 saturated heterocycles. The highest BCUT2D eigenvalue weighted by molar-refractivity contribution is 6.31. The van der Waals surface area contributed by atoms with Crippen LogP contribution in [0.25, 0.3) is 87.3 Å². The summed E-state index contributed by atoms with van der Waals surface area (Å²) in [5.74, 6) is 1.31. The fourth-order valence-corrected chi connectivity index (χ4v) is 16.0. The monoisotopic (exact) mass is 1140 g/mol. The first-order valence-electron chi connectivity index (χ1n) is 32.9. The van der Waals surface area contributed by atoms with Crippen LogP contribution in [-0.2, 0) is 25.7 Å². The van der Waals surface area contributed by atoms with Crippen LogP contribution in [0.4, 0.5) is 34.1 Å². The van der Waals surface area contributed by atoms with E-state index in [1.54, 1.807) is 0 Å². The molecule has 0 aliphatic heterocycles. The number of benzene rings is 12. The highest BCUT2D eigenvalue weighted by atomic mass is 15.2. The maximum atomic E-state index is 2.73. The Morgan fingerprint density at radius 3 is 1.09 bits per heavy atom.